The third kappa shape index (κ3) is 5.49. The van der Waals surface area contributed by atoms with Crippen molar-refractivity contribution < 1.29 is 9.13 Å². The van der Waals surface area contributed by atoms with Crippen LogP contribution < -0.4 is 10.5 Å². The Morgan fingerprint density at radius 3 is 2.71 bits per heavy atom. The Morgan fingerprint density at radius 2 is 2.10 bits per heavy atom. The van der Waals surface area contributed by atoms with E-state index in [2.05, 4.69) is 25.1 Å². The van der Waals surface area contributed by atoms with E-state index in [1.807, 2.05) is 11.8 Å². The number of hydrogen-bond donors (Lipinski definition) is 1. The second-order valence-electron chi connectivity index (χ2n) is 5.36. The van der Waals surface area contributed by atoms with Crippen molar-refractivity contribution in [2.75, 3.05) is 32.7 Å². The molecule has 0 fully saturated rings. The van der Waals surface area contributed by atoms with Crippen molar-refractivity contribution in [2.24, 2.45) is 5.73 Å². The quantitative estimate of drug-likeness (QED) is 0.759. The lowest BCUT2D eigenvalue weighted by Crippen LogP contribution is -2.32. The van der Waals surface area contributed by atoms with Crippen LogP contribution >= 0.6 is 11.8 Å². The van der Waals surface area contributed by atoms with Crippen LogP contribution in [0.3, 0.4) is 0 Å². The molecule has 0 saturated carbocycles. The van der Waals surface area contributed by atoms with Gasteiger partial charge in [-0.3, -0.25) is 0 Å². The van der Waals surface area contributed by atoms with E-state index in [0.29, 0.717) is 23.8 Å². The van der Waals surface area contributed by atoms with Crippen molar-refractivity contribution in [3.05, 3.63) is 29.6 Å². The molecule has 0 radical (unpaired) electrons. The van der Waals surface area contributed by atoms with Crippen molar-refractivity contribution in [1.82, 2.24) is 4.90 Å². The Morgan fingerprint density at radius 1 is 1.38 bits per heavy atom. The van der Waals surface area contributed by atoms with Crippen LogP contribution in [-0.4, -0.2) is 43.7 Å². The summed E-state index contributed by atoms with van der Waals surface area (Å²) in [5.74, 6) is 1.39. The molecule has 0 amide bonds. The third-order valence-corrected chi connectivity index (χ3v) is 4.53. The Kier molecular flexibility index (Phi) is 8.07. The SMILES string of the molecule is COc1cccc(F)c1C(N)CCN(C)C(C)CCSC. The summed E-state index contributed by atoms with van der Waals surface area (Å²) in [6.45, 7) is 3.06. The van der Waals surface area contributed by atoms with Crippen LogP contribution in [0, 0.1) is 5.82 Å². The van der Waals surface area contributed by atoms with E-state index in [4.69, 9.17) is 10.5 Å². The second-order valence-corrected chi connectivity index (χ2v) is 6.35. The lowest BCUT2D eigenvalue weighted by molar-refractivity contribution is 0.243. The fraction of sp³-hybridized carbons (Fsp3) is 0.625. The zero-order valence-corrected chi connectivity index (χ0v) is 14.3. The Balaban J connectivity index is 2.59. The Hall–Kier alpha value is -0.780. The maximum absolute atomic E-state index is 14.0. The van der Waals surface area contributed by atoms with E-state index in [9.17, 15) is 4.39 Å². The van der Waals surface area contributed by atoms with Crippen LogP contribution in [0.4, 0.5) is 4.39 Å². The van der Waals surface area contributed by atoms with E-state index in [1.165, 1.54) is 6.07 Å². The topological polar surface area (TPSA) is 38.5 Å². The molecule has 2 N–H and O–H groups in total. The van der Waals surface area contributed by atoms with Gasteiger partial charge in [-0.15, -0.1) is 0 Å². The number of rotatable bonds is 9. The lowest BCUT2D eigenvalue weighted by Gasteiger charge is -2.26. The molecule has 1 rings (SSSR count). The molecule has 0 spiro atoms. The highest BCUT2D eigenvalue weighted by molar-refractivity contribution is 7.98. The van der Waals surface area contributed by atoms with Crippen LogP contribution in [0.25, 0.3) is 0 Å². The minimum absolute atomic E-state index is 0.292. The number of halogens is 1. The number of nitrogens with zero attached hydrogens (tertiary/aromatic N) is 1. The molecule has 120 valence electrons. The van der Waals surface area contributed by atoms with Gasteiger partial charge in [-0.05, 0) is 57.5 Å². The van der Waals surface area contributed by atoms with Crippen LogP contribution in [0.1, 0.15) is 31.4 Å². The average molecular weight is 314 g/mol. The zero-order chi connectivity index (χ0) is 15.8. The van der Waals surface area contributed by atoms with Gasteiger partial charge in [0.1, 0.15) is 11.6 Å². The summed E-state index contributed by atoms with van der Waals surface area (Å²) in [5, 5.41) is 0. The van der Waals surface area contributed by atoms with Gasteiger partial charge in [0.15, 0.2) is 0 Å². The highest BCUT2D eigenvalue weighted by Gasteiger charge is 2.18. The lowest BCUT2D eigenvalue weighted by atomic mass is 10.0. The van der Waals surface area contributed by atoms with Gasteiger partial charge in [0.2, 0.25) is 0 Å². The van der Waals surface area contributed by atoms with Crippen LogP contribution in [-0.2, 0) is 0 Å². The van der Waals surface area contributed by atoms with E-state index in [-0.39, 0.29) is 11.9 Å². The van der Waals surface area contributed by atoms with Crippen molar-refractivity contribution in [3.63, 3.8) is 0 Å². The van der Waals surface area contributed by atoms with Crippen LogP contribution in [0.2, 0.25) is 0 Å². The van der Waals surface area contributed by atoms with E-state index < -0.39 is 0 Å². The molecule has 2 unspecified atom stereocenters. The molecule has 0 aromatic heterocycles. The summed E-state index contributed by atoms with van der Waals surface area (Å²) in [6, 6.07) is 4.98. The molecule has 0 heterocycles. The first-order valence-corrected chi connectivity index (χ1v) is 8.67. The summed E-state index contributed by atoms with van der Waals surface area (Å²) in [7, 11) is 3.64. The predicted octanol–water partition coefficient (Wildman–Crippen LogP) is 3.30. The molecule has 2 atom stereocenters. The third-order valence-electron chi connectivity index (χ3n) is 3.89. The predicted molar refractivity (Wildman–Crippen MR) is 89.6 cm³/mol. The summed E-state index contributed by atoms with van der Waals surface area (Å²) < 4.78 is 19.2. The van der Waals surface area contributed by atoms with Crippen molar-refractivity contribution in [2.45, 2.75) is 31.8 Å². The average Bonchev–Trinajstić information content (AvgIpc) is 2.49. The highest BCUT2D eigenvalue weighted by Crippen LogP contribution is 2.28. The molecule has 0 aliphatic rings. The minimum Gasteiger partial charge on any atom is -0.496 e. The molecule has 0 bridgehead atoms. The maximum atomic E-state index is 14.0. The number of methoxy groups -OCH3 is 1. The van der Waals surface area contributed by atoms with E-state index in [0.717, 1.165) is 18.7 Å². The molecule has 0 saturated heterocycles. The van der Waals surface area contributed by atoms with Gasteiger partial charge in [0, 0.05) is 17.6 Å². The first-order chi connectivity index (χ1) is 10.0. The van der Waals surface area contributed by atoms with Gasteiger partial charge >= 0.3 is 0 Å². The van der Waals surface area contributed by atoms with Gasteiger partial charge in [-0.2, -0.15) is 11.8 Å². The fourth-order valence-corrected chi connectivity index (χ4v) is 2.85. The molecule has 5 heteroatoms. The largest absolute Gasteiger partial charge is 0.496 e. The van der Waals surface area contributed by atoms with Gasteiger partial charge < -0.3 is 15.4 Å². The van der Waals surface area contributed by atoms with Crippen molar-refractivity contribution >= 4 is 11.8 Å². The minimum atomic E-state index is -0.351. The molecule has 3 nitrogen and oxygen atoms in total. The number of benzene rings is 1. The number of ether oxygens (including phenoxy) is 1. The normalized spacial score (nSPS) is 14.2. The zero-order valence-electron chi connectivity index (χ0n) is 13.4. The van der Waals surface area contributed by atoms with E-state index >= 15 is 0 Å². The van der Waals surface area contributed by atoms with Crippen LogP contribution in [0.5, 0.6) is 5.75 Å². The summed E-state index contributed by atoms with van der Waals surface area (Å²) in [4.78, 5) is 2.28. The number of nitrogens with two attached hydrogens (primary N) is 1. The molecule has 21 heavy (non-hydrogen) atoms. The molecule has 1 aromatic rings. The van der Waals surface area contributed by atoms with Gasteiger partial charge in [0.05, 0.1) is 7.11 Å². The molecule has 0 aliphatic carbocycles. The molecule has 1 aromatic carbocycles. The van der Waals surface area contributed by atoms with Gasteiger partial charge in [0.25, 0.3) is 0 Å². The van der Waals surface area contributed by atoms with Gasteiger partial charge in [-0.25, -0.2) is 4.39 Å². The monoisotopic (exact) mass is 314 g/mol. The van der Waals surface area contributed by atoms with Crippen molar-refractivity contribution in [3.8, 4) is 5.75 Å². The highest BCUT2D eigenvalue weighted by atomic mass is 32.2. The molecular weight excluding hydrogens is 287 g/mol. The molecular formula is C16H27FN2OS. The summed E-state index contributed by atoms with van der Waals surface area (Å²) in [6.07, 6.45) is 3.97. The smallest absolute Gasteiger partial charge is 0.131 e. The Bertz CT molecular complexity index is 431. The second kappa shape index (κ2) is 9.28. The van der Waals surface area contributed by atoms with Gasteiger partial charge in [-0.1, -0.05) is 6.07 Å². The first-order valence-electron chi connectivity index (χ1n) is 7.28. The summed E-state index contributed by atoms with van der Waals surface area (Å²) in [5.41, 5.74) is 6.65. The van der Waals surface area contributed by atoms with Crippen molar-refractivity contribution in [1.29, 1.82) is 0 Å². The first kappa shape index (κ1) is 18.3. The Labute approximate surface area is 132 Å². The number of hydrogen-bond acceptors (Lipinski definition) is 4. The number of thioether (sulfide) groups is 1. The standard InChI is InChI=1S/C16H27FN2OS/c1-12(9-11-21-4)19(2)10-8-14(18)16-13(17)6-5-7-15(16)20-3/h5-7,12,14H,8-11,18H2,1-4H3. The van der Waals surface area contributed by atoms with Crippen LogP contribution in [0.15, 0.2) is 18.2 Å². The summed E-state index contributed by atoms with van der Waals surface area (Å²) >= 11 is 1.86. The maximum Gasteiger partial charge on any atom is 0.131 e. The fourth-order valence-electron chi connectivity index (χ4n) is 2.27. The molecule has 0 aliphatic heterocycles. The van der Waals surface area contributed by atoms with E-state index in [1.54, 1.807) is 19.2 Å².